The molecule has 2 aliphatic rings. The van der Waals surface area contributed by atoms with E-state index in [1.807, 2.05) is 42.2 Å². The van der Waals surface area contributed by atoms with Gasteiger partial charge in [0.25, 0.3) is 0 Å². The lowest BCUT2D eigenvalue weighted by atomic mass is 9.98. The molecule has 4 heteroatoms. The van der Waals surface area contributed by atoms with E-state index in [0.29, 0.717) is 12.7 Å². The molecule has 1 aromatic rings. The predicted octanol–water partition coefficient (Wildman–Crippen LogP) is 2.57. The molecule has 1 aromatic carbocycles. The van der Waals surface area contributed by atoms with Gasteiger partial charge in [0.15, 0.2) is 0 Å². The Balaban J connectivity index is 1.60. The van der Waals surface area contributed by atoms with Crippen LogP contribution in [0.2, 0.25) is 0 Å². The fraction of sp³-hybridized carbons (Fsp3) is 0.533. The van der Waals surface area contributed by atoms with Gasteiger partial charge in [-0.25, -0.2) is 4.79 Å². The Labute approximate surface area is 113 Å². The lowest BCUT2D eigenvalue weighted by molar-refractivity contribution is 0.0567. The van der Waals surface area contributed by atoms with Crippen LogP contribution in [0.4, 0.5) is 4.79 Å². The van der Waals surface area contributed by atoms with Crippen LogP contribution in [0.15, 0.2) is 30.3 Å². The van der Waals surface area contributed by atoms with Gasteiger partial charge in [0.1, 0.15) is 12.7 Å². The molecule has 0 radical (unpaired) electrons. The highest BCUT2D eigenvalue weighted by Crippen LogP contribution is 2.38. The van der Waals surface area contributed by atoms with Gasteiger partial charge in [-0.2, -0.15) is 0 Å². The maximum Gasteiger partial charge on any atom is 0.410 e. The summed E-state index contributed by atoms with van der Waals surface area (Å²) in [7, 11) is 0. The molecule has 0 unspecified atom stereocenters. The smallest absolute Gasteiger partial charge is 0.410 e. The molecule has 2 fully saturated rings. The van der Waals surface area contributed by atoms with Crippen LogP contribution in [-0.4, -0.2) is 35.3 Å². The number of rotatable bonds is 2. The second-order valence-electron chi connectivity index (χ2n) is 5.41. The number of likely N-dealkylation sites (tertiary alicyclic amines) is 1. The monoisotopic (exact) mass is 261 g/mol. The van der Waals surface area contributed by atoms with Crippen molar-refractivity contribution < 1.29 is 14.3 Å². The summed E-state index contributed by atoms with van der Waals surface area (Å²) in [5.41, 5.74) is 1.01. The maximum atomic E-state index is 12.2. The Bertz CT molecular complexity index is 462. The second kappa shape index (κ2) is 4.85. The second-order valence-corrected chi connectivity index (χ2v) is 5.41. The Morgan fingerprint density at radius 2 is 2.11 bits per heavy atom. The van der Waals surface area contributed by atoms with Crippen molar-refractivity contribution in [3.63, 3.8) is 0 Å². The highest BCUT2D eigenvalue weighted by atomic mass is 16.6. The number of benzene rings is 1. The molecule has 3 rings (SSSR count). The summed E-state index contributed by atoms with van der Waals surface area (Å²) < 4.78 is 11.0. The van der Waals surface area contributed by atoms with Crippen LogP contribution in [0.25, 0.3) is 0 Å². The van der Waals surface area contributed by atoms with E-state index in [4.69, 9.17) is 9.47 Å². The van der Waals surface area contributed by atoms with E-state index in [0.717, 1.165) is 12.0 Å². The van der Waals surface area contributed by atoms with Gasteiger partial charge in [0, 0.05) is 6.04 Å². The van der Waals surface area contributed by atoms with Crippen LogP contribution in [-0.2, 0) is 16.1 Å². The largest absolute Gasteiger partial charge is 0.445 e. The highest BCUT2D eigenvalue weighted by molar-refractivity contribution is 5.69. The van der Waals surface area contributed by atoms with Gasteiger partial charge in [0.2, 0.25) is 0 Å². The molecule has 2 heterocycles. The van der Waals surface area contributed by atoms with Crippen molar-refractivity contribution in [2.45, 2.75) is 51.2 Å². The minimum Gasteiger partial charge on any atom is -0.445 e. The number of amides is 1. The van der Waals surface area contributed by atoms with Crippen LogP contribution >= 0.6 is 0 Å². The van der Waals surface area contributed by atoms with Crippen LogP contribution in [0.1, 0.15) is 25.8 Å². The van der Waals surface area contributed by atoms with E-state index in [2.05, 4.69) is 6.92 Å². The zero-order chi connectivity index (χ0) is 13.4. The number of hydrogen-bond donors (Lipinski definition) is 0. The van der Waals surface area contributed by atoms with Crippen LogP contribution in [0.3, 0.4) is 0 Å². The standard InChI is InChI=1S/C15H19NO3/c1-10-8-13-14(19-13)11(2)16(10)15(17)18-9-12-6-4-3-5-7-12/h3-7,10-11,13-14H,8-9H2,1-2H3/t10-,11-,13+,14+/m1/s1. The first-order valence-corrected chi connectivity index (χ1v) is 6.81. The average molecular weight is 261 g/mol. The minimum absolute atomic E-state index is 0.108. The van der Waals surface area contributed by atoms with E-state index in [1.54, 1.807) is 0 Å². The highest BCUT2D eigenvalue weighted by Gasteiger charge is 2.52. The zero-order valence-electron chi connectivity index (χ0n) is 11.3. The van der Waals surface area contributed by atoms with Crippen LogP contribution in [0, 0.1) is 0 Å². The van der Waals surface area contributed by atoms with Crippen molar-refractivity contribution in [2.75, 3.05) is 0 Å². The fourth-order valence-electron chi connectivity index (χ4n) is 2.92. The summed E-state index contributed by atoms with van der Waals surface area (Å²) in [4.78, 5) is 14.0. The molecule has 102 valence electrons. The first kappa shape index (κ1) is 12.5. The molecule has 4 atom stereocenters. The number of ether oxygens (including phenoxy) is 2. The molecule has 0 aliphatic carbocycles. The first-order chi connectivity index (χ1) is 9.16. The van der Waals surface area contributed by atoms with E-state index < -0.39 is 0 Å². The molecule has 0 bridgehead atoms. The van der Waals surface area contributed by atoms with Crippen molar-refractivity contribution in [1.82, 2.24) is 4.90 Å². The lowest BCUT2D eigenvalue weighted by Crippen LogP contribution is -2.51. The number of fused-ring (bicyclic) bond motifs is 1. The number of epoxide rings is 1. The number of hydrogen-bond acceptors (Lipinski definition) is 3. The molecule has 2 aliphatic heterocycles. The summed E-state index contributed by atoms with van der Waals surface area (Å²) in [6.45, 7) is 4.41. The molecule has 2 saturated heterocycles. The Morgan fingerprint density at radius 3 is 2.84 bits per heavy atom. The van der Waals surface area contributed by atoms with E-state index >= 15 is 0 Å². The third-order valence-electron chi connectivity index (χ3n) is 4.00. The summed E-state index contributed by atoms with van der Waals surface area (Å²) >= 11 is 0. The first-order valence-electron chi connectivity index (χ1n) is 6.81. The third kappa shape index (κ3) is 2.45. The van der Waals surface area contributed by atoms with Gasteiger partial charge in [-0.3, -0.25) is 4.90 Å². The summed E-state index contributed by atoms with van der Waals surface area (Å²) in [6.07, 6.45) is 1.23. The summed E-state index contributed by atoms with van der Waals surface area (Å²) in [5.74, 6) is 0. The van der Waals surface area contributed by atoms with Gasteiger partial charge in [-0.15, -0.1) is 0 Å². The normalized spacial score (nSPS) is 32.6. The number of nitrogens with zero attached hydrogens (tertiary/aromatic N) is 1. The van der Waals surface area contributed by atoms with Gasteiger partial charge < -0.3 is 9.47 Å². The number of piperidine rings is 1. The van der Waals surface area contributed by atoms with Crippen molar-refractivity contribution in [3.8, 4) is 0 Å². The van der Waals surface area contributed by atoms with Crippen molar-refractivity contribution >= 4 is 6.09 Å². The molecule has 0 N–H and O–H groups in total. The molecular formula is C15H19NO3. The molecule has 4 nitrogen and oxygen atoms in total. The summed E-state index contributed by atoms with van der Waals surface area (Å²) in [6, 6.07) is 10.0. The van der Waals surface area contributed by atoms with E-state index in [-0.39, 0.29) is 24.3 Å². The lowest BCUT2D eigenvalue weighted by Gasteiger charge is -2.35. The number of carbonyl (C=O) groups is 1. The Hall–Kier alpha value is -1.55. The average Bonchev–Trinajstić information content (AvgIpc) is 3.17. The minimum atomic E-state index is -0.238. The molecule has 19 heavy (non-hydrogen) atoms. The van der Waals surface area contributed by atoms with Gasteiger partial charge in [-0.1, -0.05) is 30.3 Å². The quantitative estimate of drug-likeness (QED) is 0.768. The maximum absolute atomic E-state index is 12.2. The SMILES string of the molecule is C[C@@H]1C[C@@H]2O[C@H]2[C@@H](C)N1C(=O)OCc1ccccc1. The van der Waals surface area contributed by atoms with Crippen molar-refractivity contribution in [1.29, 1.82) is 0 Å². The van der Waals surface area contributed by atoms with E-state index in [9.17, 15) is 4.79 Å². The predicted molar refractivity (Wildman–Crippen MR) is 70.7 cm³/mol. The number of carbonyl (C=O) groups excluding carboxylic acids is 1. The third-order valence-corrected chi connectivity index (χ3v) is 4.00. The van der Waals surface area contributed by atoms with Crippen LogP contribution in [0.5, 0.6) is 0 Å². The molecule has 0 spiro atoms. The fourth-order valence-corrected chi connectivity index (χ4v) is 2.92. The van der Waals surface area contributed by atoms with Gasteiger partial charge in [0.05, 0.1) is 12.1 Å². The topological polar surface area (TPSA) is 42.1 Å². The van der Waals surface area contributed by atoms with E-state index in [1.165, 1.54) is 0 Å². The van der Waals surface area contributed by atoms with Crippen molar-refractivity contribution in [3.05, 3.63) is 35.9 Å². The zero-order valence-corrected chi connectivity index (χ0v) is 11.3. The molecular weight excluding hydrogens is 242 g/mol. The molecule has 0 saturated carbocycles. The Kier molecular flexibility index (Phi) is 3.19. The van der Waals surface area contributed by atoms with Gasteiger partial charge in [-0.05, 0) is 25.8 Å². The Morgan fingerprint density at radius 1 is 1.37 bits per heavy atom. The van der Waals surface area contributed by atoms with Gasteiger partial charge >= 0.3 is 6.09 Å². The molecule has 1 amide bonds. The van der Waals surface area contributed by atoms with Crippen molar-refractivity contribution in [2.24, 2.45) is 0 Å². The molecule has 0 aromatic heterocycles. The summed E-state index contributed by atoms with van der Waals surface area (Å²) in [5, 5.41) is 0. The van der Waals surface area contributed by atoms with Crippen LogP contribution < -0.4 is 0 Å².